The van der Waals surface area contributed by atoms with Crippen LogP contribution in [-0.2, 0) is 23.8 Å². The van der Waals surface area contributed by atoms with E-state index in [0.717, 1.165) is 0 Å². The van der Waals surface area contributed by atoms with E-state index in [4.69, 9.17) is 0 Å². The summed E-state index contributed by atoms with van der Waals surface area (Å²) < 4.78 is 3.86. The Morgan fingerprint density at radius 2 is 1.56 bits per heavy atom. The maximum absolute atomic E-state index is 9.67. The average Bonchev–Trinajstić information content (AvgIpc) is 1.65. The Balaban J connectivity index is 0.000000187. The second-order valence-corrected chi connectivity index (χ2v) is 12.9. The summed E-state index contributed by atoms with van der Waals surface area (Å²) in [6, 6.07) is 0. The van der Waals surface area contributed by atoms with E-state index in [1.165, 1.54) is 0 Å². The molecule has 0 bridgehead atoms. The molecule has 1 fully saturated rings. The number of ether oxygens (including phenoxy) is 1. The Hall–Kier alpha value is 1.18. The van der Waals surface area contributed by atoms with Crippen LogP contribution in [0.1, 0.15) is 6.42 Å². The van der Waals surface area contributed by atoms with Gasteiger partial charge in [0.1, 0.15) is 6.42 Å². The van der Waals surface area contributed by atoms with Crippen molar-refractivity contribution in [3.8, 4) is 0 Å². The van der Waals surface area contributed by atoms with Crippen LogP contribution in [0.3, 0.4) is 0 Å². The number of rotatable bonds is 0. The number of hydrogen-bond donors (Lipinski definition) is 0. The maximum atomic E-state index is 9.67. The number of carbonyl (C=O) groups is 2. The molecule has 0 amide bonds. The van der Waals surface area contributed by atoms with Crippen LogP contribution in [0, 0.1) is 0 Å². The Bertz CT molecular complexity index is 104. The van der Waals surface area contributed by atoms with E-state index >= 15 is 0 Å². The van der Waals surface area contributed by atoms with Crippen LogP contribution in [0.25, 0.3) is 0 Å². The number of carbonyl (C=O) groups excluding carboxylic acids is 2. The molecule has 1 aliphatic rings. The van der Waals surface area contributed by atoms with E-state index in [1.54, 1.807) is 0 Å². The second kappa shape index (κ2) is 5.93. The molecule has 0 aromatic rings. The average molecular weight is 391 g/mol. The summed E-state index contributed by atoms with van der Waals surface area (Å²) >= 11 is 4.74. The molecule has 0 aromatic carbocycles. The molecule has 1 heterocycles. The van der Waals surface area contributed by atoms with Crippen LogP contribution in [0.5, 0.6) is 0 Å². The molecule has 0 aromatic heterocycles. The number of cyclic esters (lactones) is 2. The molecule has 1 rings (SSSR count). The van der Waals surface area contributed by atoms with Crippen molar-refractivity contribution in [1.29, 1.82) is 0 Å². The fourth-order valence-electron chi connectivity index (χ4n) is 0.236. The zero-order valence-corrected chi connectivity index (χ0v) is 9.85. The van der Waals surface area contributed by atoms with Crippen molar-refractivity contribution in [2.75, 3.05) is 0 Å². The van der Waals surface area contributed by atoms with Gasteiger partial charge in [-0.2, -0.15) is 0 Å². The van der Waals surface area contributed by atoms with Crippen molar-refractivity contribution in [2.45, 2.75) is 6.42 Å². The summed E-state index contributed by atoms with van der Waals surface area (Å²) in [6.07, 6.45) is -0.0278. The second-order valence-electron chi connectivity index (χ2n) is 1.09. The molecule has 0 unspecified atom stereocenters. The van der Waals surface area contributed by atoms with Crippen molar-refractivity contribution in [2.24, 2.45) is 0 Å². The molecule has 0 spiro atoms. The van der Waals surface area contributed by atoms with E-state index in [0.29, 0.717) is 9.47 Å². The summed E-state index contributed by atoms with van der Waals surface area (Å²) in [5.41, 5.74) is 0. The summed E-state index contributed by atoms with van der Waals surface area (Å²) in [4.78, 5) is 19.3. The summed E-state index contributed by atoms with van der Waals surface area (Å²) in [7, 11) is 0.628. The first-order valence-corrected chi connectivity index (χ1v) is 10.9. The minimum atomic E-state index is -0.417. The van der Waals surface area contributed by atoms with E-state index in [2.05, 4.69) is 44.7 Å². The molecule has 3 nitrogen and oxygen atoms in total. The quantitative estimate of drug-likeness (QED) is 0.355. The number of esters is 2. The molecule has 0 atom stereocenters. The normalized spacial score (nSPS) is 14.4. The SMILES string of the molecule is O=C1CC(=O)O1.[I][V][I]. The van der Waals surface area contributed by atoms with Gasteiger partial charge in [-0.25, -0.2) is 0 Å². The Labute approximate surface area is 81.1 Å². The zero-order chi connectivity index (χ0) is 7.28. The van der Waals surface area contributed by atoms with Gasteiger partial charge in [0.05, 0.1) is 0 Å². The molecule has 51 valence electrons. The summed E-state index contributed by atoms with van der Waals surface area (Å²) in [5, 5.41) is 0. The van der Waals surface area contributed by atoms with E-state index in [-0.39, 0.29) is 6.42 Å². The molecule has 0 N–H and O–H groups in total. The van der Waals surface area contributed by atoms with Gasteiger partial charge < -0.3 is 4.74 Å². The van der Waals surface area contributed by atoms with Crippen LogP contribution in [0.4, 0.5) is 0 Å². The summed E-state index contributed by atoms with van der Waals surface area (Å²) in [5.74, 6) is -0.833. The van der Waals surface area contributed by atoms with Gasteiger partial charge in [-0.15, -0.1) is 0 Å². The monoisotopic (exact) mass is 391 g/mol. The molecule has 1 saturated heterocycles. The Morgan fingerprint density at radius 1 is 1.33 bits per heavy atom. The molecular formula is C3H2I2O3V. The fourth-order valence-corrected chi connectivity index (χ4v) is 0.236. The van der Waals surface area contributed by atoms with Crippen LogP contribution in [0.15, 0.2) is 0 Å². The third-order valence-electron chi connectivity index (χ3n) is 0.516. The summed E-state index contributed by atoms with van der Waals surface area (Å²) in [6.45, 7) is 0. The van der Waals surface area contributed by atoms with Gasteiger partial charge in [-0.05, 0) is 0 Å². The van der Waals surface area contributed by atoms with E-state index in [9.17, 15) is 9.59 Å². The predicted molar refractivity (Wildman–Crippen MR) is 43.8 cm³/mol. The van der Waals surface area contributed by atoms with Gasteiger partial charge in [0.15, 0.2) is 0 Å². The molecule has 0 aliphatic carbocycles. The zero-order valence-electron chi connectivity index (χ0n) is 4.13. The Morgan fingerprint density at radius 3 is 1.56 bits per heavy atom. The van der Waals surface area contributed by atoms with Gasteiger partial charge in [0, 0.05) is 0 Å². The molecule has 0 radical (unpaired) electrons. The molecule has 0 saturated carbocycles. The van der Waals surface area contributed by atoms with Crippen molar-refractivity contribution >= 4 is 51.9 Å². The number of halogens is 2. The van der Waals surface area contributed by atoms with Crippen LogP contribution in [-0.4, -0.2) is 11.9 Å². The van der Waals surface area contributed by atoms with Gasteiger partial charge in [-0.3, -0.25) is 9.59 Å². The topological polar surface area (TPSA) is 43.4 Å². The van der Waals surface area contributed by atoms with Crippen molar-refractivity contribution < 1.29 is 23.8 Å². The van der Waals surface area contributed by atoms with Gasteiger partial charge in [-0.1, -0.05) is 0 Å². The molecule has 6 heteroatoms. The van der Waals surface area contributed by atoms with Gasteiger partial charge >= 0.3 is 61.4 Å². The first-order valence-electron chi connectivity index (χ1n) is 1.86. The van der Waals surface area contributed by atoms with Crippen LogP contribution >= 0.6 is 40.0 Å². The van der Waals surface area contributed by atoms with E-state index in [1.807, 2.05) is 0 Å². The third kappa shape index (κ3) is 5.62. The minimum absolute atomic E-state index is 0.0278. The first kappa shape index (κ1) is 10.2. The number of hydrogen-bond acceptors (Lipinski definition) is 3. The standard InChI is InChI=1S/C3H2O3.2HI.V/c4-2-1-3(5)6-2;;;/h1H2;2*1H;/q;;;+2/p-2. The van der Waals surface area contributed by atoms with Gasteiger partial charge in [0.2, 0.25) is 0 Å². The van der Waals surface area contributed by atoms with Crippen molar-refractivity contribution in [3.05, 3.63) is 0 Å². The van der Waals surface area contributed by atoms with Crippen LogP contribution in [0.2, 0.25) is 0 Å². The van der Waals surface area contributed by atoms with Crippen molar-refractivity contribution in [1.82, 2.24) is 0 Å². The fraction of sp³-hybridized carbons (Fsp3) is 0.333. The first-order chi connectivity index (χ1) is 4.20. The van der Waals surface area contributed by atoms with Crippen LogP contribution < -0.4 is 0 Å². The third-order valence-corrected chi connectivity index (χ3v) is 0.516. The molecular weight excluding hydrogens is 389 g/mol. The molecule has 9 heavy (non-hydrogen) atoms. The van der Waals surface area contributed by atoms with E-state index < -0.39 is 11.9 Å². The van der Waals surface area contributed by atoms with Gasteiger partial charge in [0.25, 0.3) is 0 Å². The predicted octanol–water partition coefficient (Wildman–Crippen LogP) is 1.23. The Kier molecular flexibility index (Phi) is 6.71. The molecule has 1 aliphatic heterocycles. The van der Waals surface area contributed by atoms with Crippen molar-refractivity contribution in [3.63, 3.8) is 0 Å².